The maximum absolute atomic E-state index is 11.9. The summed E-state index contributed by atoms with van der Waals surface area (Å²) < 4.78 is 10.9. The smallest absolute Gasteiger partial charge is 0.305 e. The van der Waals surface area contributed by atoms with Gasteiger partial charge in [0.2, 0.25) is 0 Å². The maximum Gasteiger partial charge on any atom is 0.305 e. The number of carbonyl (C=O) groups is 2. The number of esters is 2. The molecule has 0 radical (unpaired) electrons. The lowest BCUT2D eigenvalue weighted by Gasteiger charge is -2.20. The second-order valence-corrected chi connectivity index (χ2v) is 19.7. The lowest BCUT2D eigenvalue weighted by atomic mass is 9.90. The molecule has 0 saturated heterocycles. The van der Waals surface area contributed by atoms with E-state index in [4.69, 9.17) is 9.47 Å². The number of rotatable bonds is 47. The number of carbonyl (C=O) groups excluding carboxylic acids is 2. The molecule has 0 aromatic rings. The third-order valence-corrected chi connectivity index (χ3v) is 13.4. The molecule has 61 heavy (non-hydrogen) atoms. The van der Waals surface area contributed by atoms with E-state index < -0.39 is 0 Å². The van der Waals surface area contributed by atoms with Gasteiger partial charge < -0.3 is 9.47 Å². The Bertz CT molecular complexity index is 835. The van der Waals surface area contributed by atoms with Crippen molar-refractivity contribution in [2.45, 2.75) is 335 Å². The van der Waals surface area contributed by atoms with E-state index in [2.05, 4.69) is 20.8 Å². The van der Waals surface area contributed by atoms with Gasteiger partial charge in [-0.2, -0.15) is 0 Å². The Kier molecular flexibility index (Phi) is 52.4. The molecule has 0 N–H and O–H groups in total. The van der Waals surface area contributed by atoms with Crippen LogP contribution >= 0.6 is 0 Å². The Morgan fingerprint density at radius 2 is 0.557 bits per heavy atom. The van der Waals surface area contributed by atoms with Crippen LogP contribution in [0, 0.1) is 5.92 Å². The summed E-state index contributed by atoms with van der Waals surface area (Å²) in [5.74, 6) is 0.706. The summed E-state index contributed by atoms with van der Waals surface area (Å²) in [5.41, 5.74) is 0. The average molecular weight is 862 g/mol. The molecule has 0 atom stereocenters. The first kappa shape index (κ1) is 59.9. The molecule has 0 bridgehead atoms. The van der Waals surface area contributed by atoms with Gasteiger partial charge in [0.15, 0.2) is 0 Å². The van der Waals surface area contributed by atoms with E-state index in [1.165, 1.54) is 283 Å². The molecule has 1 fully saturated rings. The normalized spacial score (nSPS) is 13.0. The van der Waals surface area contributed by atoms with Crippen LogP contribution in [-0.4, -0.2) is 25.2 Å². The molecule has 0 aromatic carbocycles. The number of ether oxygens (including phenoxy) is 2. The van der Waals surface area contributed by atoms with E-state index in [1.54, 1.807) is 0 Å². The van der Waals surface area contributed by atoms with E-state index in [-0.39, 0.29) is 11.9 Å². The molecule has 0 unspecified atom stereocenters. The molecule has 1 aliphatic carbocycles. The zero-order chi connectivity index (χ0) is 44.2. The number of hydrogen-bond donors (Lipinski definition) is 0. The highest BCUT2D eigenvalue weighted by Gasteiger charge is 2.15. The van der Waals surface area contributed by atoms with Gasteiger partial charge in [0.25, 0.3) is 0 Å². The lowest BCUT2D eigenvalue weighted by molar-refractivity contribution is -0.145. The van der Waals surface area contributed by atoms with Crippen molar-refractivity contribution in [2.75, 3.05) is 13.2 Å². The van der Waals surface area contributed by atoms with Gasteiger partial charge in [0.1, 0.15) is 0 Å². The van der Waals surface area contributed by atoms with Gasteiger partial charge in [-0.3, -0.25) is 9.59 Å². The zero-order valence-corrected chi connectivity index (χ0v) is 42.3. The van der Waals surface area contributed by atoms with Gasteiger partial charge in [0.05, 0.1) is 13.2 Å². The Morgan fingerprint density at radius 3 is 0.852 bits per heavy atom. The van der Waals surface area contributed by atoms with Crippen LogP contribution in [0.3, 0.4) is 0 Å². The van der Waals surface area contributed by atoms with E-state index >= 15 is 0 Å². The van der Waals surface area contributed by atoms with Crippen molar-refractivity contribution >= 4 is 11.9 Å². The number of hydrogen-bond acceptors (Lipinski definition) is 4. The molecule has 0 heterocycles. The molecule has 364 valence electrons. The summed E-state index contributed by atoms with van der Waals surface area (Å²) >= 11 is 0. The van der Waals surface area contributed by atoms with Gasteiger partial charge in [-0.25, -0.2) is 0 Å². The Balaban J connectivity index is 0.00000126. The lowest BCUT2D eigenvalue weighted by Crippen LogP contribution is -2.16. The molecule has 4 heteroatoms. The predicted molar refractivity (Wildman–Crippen MR) is 269 cm³/mol. The Hall–Kier alpha value is -1.06. The van der Waals surface area contributed by atoms with Crippen LogP contribution in [0.5, 0.6) is 0 Å². The van der Waals surface area contributed by atoms with Crippen LogP contribution < -0.4 is 0 Å². The summed E-state index contributed by atoms with van der Waals surface area (Å²) in [6.07, 6.45) is 64.8. The van der Waals surface area contributed by atoms with Crippen molar-refractivity contribution in [3.63, 3.8) is 0 Å². The highest BCUT2D eigenvalue weighted by Crippen LogP contribution is 2.24. The molecule has 1 rings (SSSR count). The minimum atomic E-state index is 0.0269. The first-order valence-electron chi connectivity index (χ1n) is 28.4. The highest BCUT2D eigenvalue weighted by molar-refractivity contribution is 5.69. The standard InChI is InChI=1S/C34H68O2.C23H44O2/c1-3-5-7-9-11-13-15-17-18-19-21-23-25-27-29-31-33-36-34(35)32-30-28-26-24-22-20-16-14-12-10-8-6-4-2;1-2-3-4-5-6-7-8-9-10-11-12-13-17-20-23(24)25-21-22-18-15-14-16-19-22/h3-33H2,1-2H3;22H,2-21H2,1H3. The van der Waals surface area contributed by atoms with Crippen LogP contribution in [0.4, 0.5) is 0 Å². The van der Waals surface area contributed by atoms with Gasteiger partial charge in [-0.05, 0) is 38.0 Å². The molecule has 1 saturated carbocycles. The SMILES string of the molecule is CCCCCCCCCCCCCCCC(=O)OCC1CCCCC1.CCCCCCCCCCCCCCCCCCOC(=O)CCCCCCCCCCCCCCC. The van der Waals surface area contributed by atoms with Gasteiger partial charge in [-0.15, -0.1) is 0 Å². The third-order valence-electron chi connectivity index (χ3n) is 13.4. The molecule has 4 nitrogen and oxygen atoms in total. The van der Waals surface area contributed by atoms with Crippen LogP contribution in [0.15, 0.2) is 0 Å². The summed E-state index contributed by atoms with van der Waals surface area (Å²) in [6, 6.07) is 0. The summed E-state index contributed by atoms with van der Waals surface area (Å²) in [4.78, 5) is 23.6. The minimum Gasteiger partial charge on any atom is -0.466 e. The van der Waals surface area contributed by atoms with Crippen molar-refractivity contribution < 1.29 is 19.1 Å². The minimum absolute atomic E-state index is 0.0269. The Labute approximate surface area is 384 Å². The molecular formula is C57H112O4. The van der Waals surface area contributed by atoms with Crippen molar-refractivity contribution in [3.05, 3.63) is 0 Å². The molecule has 1 aliphatic rings. The molecule has 0 aromatic heterocycles. The second-order valence-electron chi connectivity index (χ2n) is 19.7. The average Bonchev–Trinajstić information content (AvgIpc) is 3.27. The molecule has 0 spiro atoms. The molecule has 0 aliphatic heterocycles. The summed E-state index contributed by atoms with van der Waals surface area (Å²) in [5, 5.41) is 0. The van der Waals surface area contributed by atoms with Gasteiger partial charge >= 0.3 is 11.9 Å². The summed E-state index contributed by atoms with van der Waals surface area (Å²) in [7, 11) is 0. The molecular weight excluding hydrogens is 749 g/mol. The van der Waals surface area contributed by atoms with Crippen molar-refractivity contribution in [3.8, 4) is 0 Å². The van der Waals surface area contributed by atoms with Crippen LogP contribution in [-0.2, 0) is 19.1 Å². The monoisotopic (exact) mass is 861 g/mol. The second kappa shape index (κ2) is 53.3. The van der Waals surface area contributed by atoms with E-state index in [0.717, 1.165) is 19.3 Å². The quantitative estimate of drug-likeness (QED) is 0.0452. The topological polar surface area (TPSA) is 52.6 Å². The number of unbranched alkanes of at least 4 members (excludes halogenated alkanes) is 39. The third kappa shape index (κ3) is 51.5. The van der Waals surface area contributed by atoms with E-state index in [0.29, 0.717) is 32.0 Å². The van der Waals surface area contributed by atoms with Crippen LogP contribution in [0.1, 0.15) is 335 Å². The largest absolute Gasteiger partial charge is 0.466 e. The fourth-order valence-corrected chi connectivity index (χ4v) is 9.12. The van der Waals surface area contributed by atoms with Crippen molar-refractivity contribution in [1.29, 1.82) is 0 Å². The van der Waals surface area contributed by atoms with Gasteiger partial charge in [0, 0.05) is 12.8 Å². The first-order chi connectivity index (χ1) is 30.1. The summed E-state index contributed by atoms with van der Waals surface area (Å²) in [6.45, 7) is 8.16. The zero-order valence-electron chi connectivity index (χ0n) is 42.3. The van der Waals surface area contributed by atoms with Crippen molar-refractivity contribution in [1.82, 2.24) is 0 Å². The first-order valence-corrected chi connectivity index (χ1v) is 28.4. The van der Waals surface area contributed by atoms with Crippen molar-refractivity contribution in [2.24, 2.45) is 5.92 Å². The Morgan fingerprint density at radius 1 is 0.311 bits per heavy atom. The van der Waals surface area contributed by atoms with Crippen LogP contribution in [0.25, 0.3) is 0 Å². The fraction of sp³-hybridized carbons (Fsp3) is 0.965. The van der Waals surface area contributed by atoms with E-state index in [9.17, 15) is 9.59 Å². The predicted octanol–water partition coefficient (Wildman–Crippen LogP) is 19.9. The van der Waals surface area contributed by atoms with Gasteiger partial charge in [-0.1, -0.05) is 290 Å². The highest BCUT2D eigenvalue weighted by atomic mass is 16.5. The molecule has 0 amide bonds. The van der Waals surface area contributed by atoms with Crippen LogP contribution in [0.2, 0.25) is 0 Å². The maximum atomic E-state index is 11.9. The van der Waals surface area contributed by atoms with E-state index in [1.807, 2.05) is 0 Å². The fourth-order valence-electron chi connectivity index (χ4n) is 9.12.